The van der Waals surface area contributed by atoms with Crippen LogP contribution in [0.3, 0.4) is 0 Å². The summed E-state index contributed by atoms with van der Waals surface area (Å²) in [6.45, 7) is 10.7. The third-order valence-corrected chi connectivity index (χ3v) is 3.09. The minimum atomic E-state index is -0.631. The minimum absolute atomic E-state index is 0.272. The van der Waals surface area contributed by atoms with Gasteiger partial charge in [0.25, 0.3) is 5.91 Å². The topological polar surface area (TPSA) is 64.6 Å². The van der Waals surface area contributed by atoms with Crippen LogP contribution in [0.25, 0.3) is 0 Å². The number of carbonyl (C=O) groups is 2. The zero-order valence-corrected chi connectivity index (χ0v) is 15.7. The Morgan fingerprint density at radius 3 is 2.17 bits per heavy atom. The molecule has 0 aliphatic rings. The van der Waals surface area contributed by atoms with E-state index in [-0.39, 0.29) is 11.8 Å². The van der Waals surface area contributed by atoms with E-state index in [4.69, 9.17) is 9.47 Å². The summed E-state index contributed by atoms with van der Waals surface area (Å²) in [5.41, 5.74) is 0.488. The average Bonchev–Trinajstić information content (AvgIpc) is 2.60. The van der Waals surface area contributed by atoms with Crippen molar-refractivity contribution < 1.29 is 19.1 Å². The van der Waals surface area contributed by atoms with Gasteiger partial charge in [0.05, 0.1) is 13.7 Å². The van der Waals surface area contributed by atoms with Gasteiger partial charge in [0.1, 0.15) is 11.8 Å². The second-order valence-electron chi connectivity index (χ2n) is 5.55. The molecule has 136 valence electrons. The third-order valence-electron chi connectivity index (χ3n) is 3.09. The summed E-state index contributed by atoms with van der Waals surface area (Å²) in [5.74, 6) is 0.280. The molecule has 0 aromatic heterocycles. The molecule has 0 fully saturated rings. The molecule has 0 heterocycles. The van der Waals surface area contributed by atoms with Crippen molar-refractivity contribution in [3.8, 4) is 5.75 Å². The van der Waals surface area contributed by atoms with Gasteiger partial charge in [-0.05, 0) is 43.0 Å². The fourth-order valence-electron chi connectivity index (χ4n) is 1.99. The number of rotatable bonds is 8. The van der Waals surface area contributed by atoms with Crippen molar-refractivity contribution in [3.63, 3.8) is 0 Å². The number of methoxy groups -OCH3 is 1. The van der Waals surface area contributed by atoms with Crippen LogP contribution in [0.1, 0.15) is 57.8 Å². The van der Waals surface area contributed by atoms with Crippen LogP contribution in [0, 0.1) is 5.92 Å². The maximum Gasteiger partial charge on any atom is 0.328 e. The summed E-state index contributed by atoms with van der Waals surface area (Å²) in [6, 6.07) is 6.24. The Balaban J connectivity index is 0.00000254. The predicted molar refractivity (Wildman–Crippen MR) is 96.3 cm³/mol. The van der Waals surface area contributed by atoms with Crippen LogP contribution in [0.2, 0.25) is 0 Å². The lowest BCUT2D eigenvalue weighted by molar-refractivity contribution is -0.143. The van der Waals surface area contributed by atoms with Crippen LogP contribution in [0.15, 0.2) is 24.3 Å². The molecule has 5 heteroatoms. The average molecular weight is 337 g/mol. The van der Waals surface area contributed by atoms with E-state index in [1.165, 1.54) is 7.11 Å². The molecule has 1 atom stereocenters. The molecular weight excluding hydrogens is 306 g/mol. The fourth-order valence-corrected chi connectivity index (χ4v) is 1.99. The van der Waals surface area contributed by atoms with Crippen molar-refractivity contribution in [2.45, 2.75) is 53.5 Å². The molecule has 1 aromatic rings. The molecule has 0 unspecified atom stereocenters. The Kier molecular flexibility index (Phi) is 11.3. The van der Waals surface area contributed by atoms with Gasteiger partial charge in [0, 0.05) is 5.56 Å². The van der Waals surface area contributed by atoms with E-state index in [0.717, 1.165) is 12.2 Å². The van der Waals surface area contributed by atoms with Gasteiger partial charge in [-0.2, -0.15) is 0 Å². The first-order valence-corrected chi connectivity index (χ1v) is 8.59. The van der Waals surface area contributed by atoms with Crippen LogP contribution in [-0.4, -0.2) is 31.6 Å². The van der Waals surface area contributed by atoms with Gasteiger partial charge in [-0.1, -0.05) is 34.6 Å². The zero-order chi connectivity index (χ0) is 18.5. The standard InChI is InChI=1S/C17H25NO4.C2H6/c1-5-10-22-14-8-6-13(7-9-14)16(19)18-15(11-12(2)3)17(20)21-4;1-2/h6-9,12,15H,5,10-11H2,1-4H3,(H,18,19);1-2H3/t15-;/m1./s1. The number of hydrogen-bond donors (Lipinski definition) is 1. The lowest BCUT2D eigenvalue weighted by Gasteiger charge is -2.18. The van der Waals surface area contributed by atoms with Gasteiger partial charge >= 0.3 is 5.97 Å². The number of esters is 1. The molecule has 0 saturated carbocycles. The fraction of sp³-hybridized carbons (Fsp3) is 0.579. The highest BCUT2D eigenvalue weighted by molar-refractivity contribution is 5.96. The summed E-state index contributed by atoms with van der Waals surface area (Å²) in [5, 5.41) is 2.72. The first-order chi connectivity index (χ1) is 11.5. The molecule has 0 saturated heterocycles. The van der Waals surface area contributed by atoms with Gasteiger partial charge in [-0.15, -0.1) is 0 Å². The smallest absolute Gasteiger partial charge is 0.328 e. The van der Waals surface area contributed by atoms with E-state index in [0.29, 0.717) is 18.6 Å². The predicted octanol–water partition coefficient (Wildman–Crippen LogP) is 3.82. The lowest BCUT2D eigenvalue weighted by Crippen LogP contribution is -2.42. The summed E-state index contributed by atoms with van der Waals surface area (Å²) < 4.78 is 10.2. The maximum atomic E-state index is 12.2. The number of hydrogen-bond acceptors (Lipinski definition) is 4. The van der Waals surface area contributed by atoms with Gasteiger partial charge < -0.3 is 14.8 Å². The van der Waals surface area contributed by atoms with Gasteiger partial charge in [0.15, 0.2) is 0 Å². The third kappa shape index (κ3) is 7.99. The Labute approximate surface area is 145 Å². The van der Waals surface area contributed by atoms with E-state index in [9.17, 15) is 9.59 Å². The summed E-state index contributed by atoms with van der Waals surface area (Å²) in [4.78, 5) is 24.0. The van der Waals surface area contributed by atoms with Crippen molar-refractivity contribution in [2.24, 2.45) is 5.92 Å². The largest absolute Gasteiger partial charge is 0.494 e. The molecule has 5 nitrogen and oxygen atoms in total. The Bertz CT molecular complexity index is 483. The molecule has 1 N–H and O–H groups in total. The summed E-state index contributed by atoms with van der Waals surface area (Å²) >= 11 is 0. The van der Waals surface area contributed by atoms with Crippen LogP contribution in [-0.2, 0) is 9.53 Å². The summed E-state index contributed by atoms with van der Waals surface area (Å²) in [6.07, 6.45) is 1.47. The van der Waals surface area contributed by atoms with Gasteiger partial charge in [-0.25, -0.2) is 4.79 Å². The first kappa shape index (κ1) is 22.0. The monoisotopic (exact) mass is 337 g/mol. The molecule has 1 amide bonds. The van der Waals surface area contributed by atoms with Gasteiger partial charge in [0.2, 0.25) is 0 Å². The highest BCUT2D eigenvalue weighted by Gasteiger charge is 2.23. The molecular formula is C19H31NO4. The quantitative estimate of drug-likeness (QED) is 0.733. The second kappa shape index (κ2) is 12.4. The van der Waals surface area contributed by atoms with Crippen LogP contribution in [0.5, 0.6) is 5.75 Å². The molecule has 0 aliphatic heterocycles. The molecule has 0 bridgehead atoms. The molecule has 1 rings (SSSR count). The second-order valence-corrected chi connectivity index (χ2v) is 5.55. The molecule has 1 aromatic carbocycles. The van der Waals surface area contributed by atoms with Crippen LogP contribution < -0.4 is 10.1 Å². The van der Waals surface area contributed by atoms with Crippen LogP contribution in [0.4, 0.5) is 0 Å². The van der Waals surface area contributed by atoms with Crippen molar-refractivity contribution in [3.05, 3.63) is 29.8 Å². The van der Waals surface area contributed by atoms with E-state index < -0.39 is 12.0 Å². The Morgan fingerprint density at radius 1 is 1.12 bits per heavy atom. The normalized spacial score (nSPS) is 11.1. The van der Waals surface area contributed by atoms with E-state index in [2.05, 4.69) is 5.32 Å². The van der Waals surface area contributed by atoms with E-state index in [1.807, 2.05) is 34.6 Å². The van der Waals surface area contributed by atoms with E-state index >= 15 is 0 Å². The zero-order valence-electron chi connectivity index (χ0n) is 15.7. The summed E-state index contributed by atoms with van der Waals surface area (Å²) in [7, 11) is 1.32. The molecule has 24 heavy (non-hydrogen) atoms. The number of ether oxygens (including phenoxy) is 2. The highest BCUT2D eigenvalue weighted by Crippen LogP contribution is 2.13. The number of benzene rings is 1. The molecule has 0 radical (unpaired) electrons. The maximum absolute atomic E-state index is 12.2. The number of amides is 1. The lowest BCUT2D eigenvalue weighted by atomic mass is 10.0. The van der Waals surface area contributed by atoms with Crippen molar-refractivity contribution >= 4 is 11.9 Å². The first-order valence-electron chi connectivity index (χ1n) is 8.59. The molecule has 0 spiro atoms. The minimum Gasteiger partial charge on any atom is -0.494 e. The van der Waals surface area contributed by atoms with Gasteiger partial charge in [-0.3, -0.25) is 4.79 Å². The number of nitrogens with one attached hydrogen (secondary N) is 1. The highest BCUT2D eigenvalue weighted by atomic mass is 16.5. The number of carbonyl (C=O) groups excluding carboxylic acids is 2. The Morgan fingerprint density at radius 2 is 1.71 bits per heavy atom. The van der Waals surface area contributed by atoms with Crippen molar-refractivity contribution in [1.82, 2.24) is 5.32 Å². The molecule has 0 aliphatic carbocycles. The SMILES string of the molecule is CC.CCCOc1ccc(C(=O)N[C@H](CC(C)C)C(=O)OC)cc1. The van der Waals surface area contributed by atoms with Crippen LogP contribution >= 0.6 is 0 Å². The van der Waals surface area contributed by atoms with E-state index in [1.54, 1.807) is 24.3 Å². The Hall–Kier alpha value is -2.04. The van der Waals surface area contributed by atoms with Crippen molar-refractivity contribution in [2.75, 3.05) is 13.7 Å². The van der Waals surface area contributed by atoms with Crippen molar-refractivity contribution in [1.29, 1.82) is 0 Å².